The monoisotopic (exact) mass is 216 g/mol. The maximum atomic E-state index is 13.4. The molecule has 0 unspecified atom stereocenters. The molecule has 1 saturated carbocycles. The zero-order valence-electron chi connectivity index (χ0n) is 8.05. The molecule has 0 heterocycles. The second-order valence-corrected chi connectivity index (χ2v) is 3.63. The highest BCUT2D eigenvalue weighted by atomic mass is 19.2. The van der Waals surface area contributed by atoms with Gasteiger partial charge in [0.05, 0.1) is 18.3 Å². The lowest BCUT2D eigenvalue weighted by atomic mass is 10.0. The molecule has 0 amide bonds. The third-order valence-corrected chi connectivity index (χ3v) is 2.57. The van der Waals surface area contributed by atoms with Crippen LogP contribution in [0.25, 0.3) is 0 Å². The van der Waals surface area contributed by atoms with E-state index in [-0.39, 0.29) is 5.75 Å². The Kier molecular flexibility index (Phi) is 2.08. The fourth-order valence-corrected chi connectivity index (χ4v) is 1.54. The predicted molar refractivity (Wildman–Crippen MR) is 47.7 cm³/mol. The Balaban J connectivity index is 2.65. The van der Waals surface area contributed by atoms with Crippen molar-refractivity contribution in [2.75, 3.05) is 7.11 Å². The first-order chi connectivity index (χ1) is 6.99. The van der Waals surface area contributed by atoms with Crippen molar-refractivity contribution in [3.05, 3.63) is 23.3 Å². The summed E-state index contributed by atoms with van der Waals surface area (Å²) in [6.45, 7) is 0. The van der Waals surface area contributed by atoms with E-state index < -0.39 is 28.5 Å². The van der Waals surface area contributed by atoms with E-state index >= 15 is 0 Å². The molecular weight excluding hydrogens is 206 g/mol. The van der Waals surface area contributed by atoms with Gasteiger partial charge in [0.15, 0.2) is 23.1 Å². The highest BCUT2D eigenvalue weighted by Crippen LogP contribution is 2.52. The Bertz CT molecular complexity index is 414. The molecule has 0 spiro atoms. The van der Waals surface area contributed by atoms with Crippen LogP contribution in [0.2, 0.25) is 0 Å². The average molecular weight is 216 g/mol. The van der Waals surface area contributed by atoms with Gasteiger partial charge in [-0.1, -0.05) is 0 Å². The van der Waals surface area contributed by atoms with Crippen molar-refractivity contribution in [2.24, 2.45) is 0 Å². The summed E-state index contributed by atoms with van der Waals surface area (Å²) in [5, 5.41) is 19.3. The van der Waals surface area contributed by atoms with Crippen LogP contribution in [0.3, 0.4) is 0 Å². The summed E-state index contributed by atoms with van der Waals surface area (Å²) >= 11 is 0. The lowest BCUT2D eigenvalue weighted by Crippen LogP contribution is -2.10. The van der Waals surface area contributed by atoms with Crippen LogP contribution in [0.5, 0.6) is 11.5 Å². The van der Waals surface area contributed by atoms with Gasteiger partial charge in [0.25, 0.3) is 0 Å². The summed E-state index contributed by atoms with van der Waals surface area (Å²) < 4.78 is 31.1. The van der Waals surface area contributed by atoms with E-state index in [1.165, 1.54) is 7.11 Å². The third kappa shape index (κ3) is 1.43. The van der Waals surface area contributed by atoms with E-state index in [1.54, 1.807) is 0 Å². The molecule has 5 heteroatoms. The second kappa shape index (κ2) is 3.06. The lowest BCUT2D eigenvalue weighted by molar-refractivity contribution is 0.140. The van der Waals surface area contributed by atoms with E-state index in [1.807, 2.05) is 0 Å². The van der Waals surface area contributed by atoms with Crippen LogP contribution in [0, 0.1) is 11.6 Å². The molecule has 1 fully saturated rings. The van der Waals surface area contributed by atoms with Gasteiger partial charge in [-0.3, -0.25) is 0 Å². The molecule has 0 bridgehead atoms. The van der Waals surface area contributed by atoms with Crippen molar-refractivity contribution >= 4 is 0 Å². The van der Waals surface area contributed by atoms with Gasteiger partial charge < -0.3 is 14.9 Å². The molecule has 2 rings (SSSR count). The highest BCUT2D eigenvalue weighted by Gasteiger charge is 2.47. The minimum atomic E-state index is -1.44. The smallest absolute Gasteiger partial charge is 0.168 e. The molecule has 1 aliphatic carbocycles. The van der Waals surface area contributed by atoms with Gasteiger partial charge in [0, 0.05) is 6.07 Å². The largest absolute Gasteiger partial charge is 0.504 e. The number of rotatable bonds is 2. The van der Waals surface area contributed by atoms with Crippen LogP contribution < -0.4 is 4.74 Å². The zero-order chi connectivity index (χ0) is 11.2. The van der Waals surface area contributed by atoms with Crippen LogP contribution in [-0.4, -0.2) is 17.3 Å². The third-order valence-electron chi connectivity index (χ3n) is 2.57. The molecule has 1 aromatic carbocycles. The normalized spacial score (nSPS) is 17.6. The number of hydrogen-bond acceptors (Lipinski definition) is 3. The van der Waals surface area contributed by atoms with E-state index in [0.717, 1.165) is 6.07 Å². The summed E-state index contributed by atoms with van der Waals surface area (Å²) in [6, 6.07) is 0.750. The first-order valence-electron chi connectivity index (χ1n) is 4.47. The number of hydrogen-bond donors (Lipinski definition) is 2. The quantitative estimate of drug-likeness (QED) is 0.790. The van der Waals surface area contributed by atoms with Crippen LogP contribution in [0.4, 0.5) is 8.78 Å². The SMILES string of the molecule is COc1cc(F)c(F)c(C2(O)CC2)c1O. The van der Waals surface area contributed by atoms with Gasteiger partial charge in [-0.25, -0.2) is 8.78 Å². The van der Waals surface area contributed by atoms with Gasteiger partial charge in [0.2, 0.25) is 0 Å². The van der Waals surface area contributed by atoms with Crippen molar-refractivity contribution < 1.29 is 23.7 Å². The fraction of sp³-hybridized carbons (Fsp3) is 0.400. The van der Waals surface area contributed by atoms with Crippen molar-refractivity contribution in [3.63, 3.8) is 0 Å². The number of methoxy groups -OCH3 is 1. The molecule has 0 saturated heterocycles. The van der Waals surface area contributed by atoms with Gasteiger partial charge in [-0.2, -0.15) is 0 Å². The van der Waals surface area contributed by atoms with Crippen molar-refractivity contribution in [1.82, 2.24) is 0 Å². The van der Waals surface area contributed by atoms with Crippen molar-refractivity contribution in [3.8, 4) is 11.5 Å². The Hall–Kier alpha value is -1.36. The maximum Gasteiger partial charge on any atom is 0.168 e. The Morgan fingerprint density at radius 2 is 2.00 bits per heavy atom. The number of ether oxygens (including phenoxy) is 1. The summed E-state index contributed by atoms with van der Waals surface area (Å²) in [4.78, 5) is 0. The molecule has 0 aliphatic heterocycles. The summed E-state index contributed by atoms with van der Waals surface area (Å²) in [6.07, 6.45) is 0.619. The molecule has 0 atom stereocenters. The molecule has 0 radical (unpaired) electrons. The van der Waals surface area contributed by atoms with E-state index in [0.29, 0.717) is 12.8 Å². The number of aliphatic hydroxyl groups is 1. The standard InChI is InChI=1S/C10H10F2O3/c1-15-6-4-5(11)8(12)7(9(6)13)10(14)2-3-10/h4,13-14H,2-3H2,1H3. The Morgan fingerprint density at radius 1 is 1.40 bits per heavy atom. The number of phenols is 1. The molecule has 82 valence electrons. The molecule has 1 aliphatic rings. The average Bonchev–Trinajstić information content (AvgIpc) is 2.91. The number of halogens is 2. The molecule has 1 aromatic rings. The molecule has 0 aromatic heterocycles. The second-order valence-electron chi connectivity index (χ2n) is 3.63. The summed E-state index contributed by atoms with van der Waals surface area (Å²) in [5.74, 6) is -3.06. The maximum absolute atomic E-state index is 13.4. The van der Waals surface area contributed by atoms with Crippen molar-refractivity contribution in [2.45, 2.75) is 18.4 Å². The van der Waals surface area contributed by atoms with Crippen LogP contribution in [0.1, 0.15) is 18.4 Å². The van der Waals surface area contributed by atoms with Crippen LogP contribution in [-0.2, 0) is 5.60 Å². The molecule has 2 N–H and O–H groups in total. The van der Waals surface area contributed by atoms with E-state index in [2.05, 4.69) is 4.74 Å². The Labute approximate surface area is 84.9 Å². The first kappa shape index (κ1) is 10.2. The molecule has 15 heavy (non-hydrogen) atoms. The highest BCUT2D eigenvalue weighted by molar-refractivity contribution is 5.51. The minimum Gasteiger partial charge on any atom is -0.504 e. The fourth-order valence-electron chi connectivity index (χ4n) is 1.54. The number of aromatic hydroxyl groups is 1. The first-order valence-corrected chi connectivity index (χ1v) is 4.47. The van der Waals surface area contributed by atoms with Gasteiger partial charge in [-0.15, -0.1) is 0 Å². The number of benzene rings is 1. The predicted octanol–water partition coefficient (Wildman–Crippen LogP) is 1.66. The summed E-state index contributed by atoms with van der Waals surface area (Å²) in [7, 11) is 1.23. The lowest BCUT2D eigenvalue weighted by Gasteiger charge is -2.14. The van der Waals surface area contributed by atoms with Crippen molar-refractivity contribution in [1.29, 1.82) is 0 Å². The Morgan fingerprint density at radius 3 is 2.47 bits per heavy atom. The van der Waals surface area contributed by atoms with Crippen LogP contribution >= 0.6 is 0 Å². The topological polar surface area (TPSA) is 49.7 Å². The van der Waals surface area contributed by atoms with Crippen LogP contribution in [0.15, 0.2) is 6.07 Å². The zero-order valence-corrected chi connectivity index (χ0v) is 8.05. The van der Waals surface area contributed by atoms with E-state index in [9.17, 15) is 19.0 Å². The van der Waals surface area contributed by atoms with E-state index in [4.69, 9.17) is 0 Å². The molecular formula is C10H10F2O3. The van der Waals surface area contributed by atoms with Gasteiger partial charge in [-0.05, 0) is 12.8 Å². The summed E-state index contributed by atoms with van der Waals surface area (Å²) in [5.41, 5.74) is -1.84. The minimum absolute atomic E-state index is 0.177. The number of phenolic OH excluding ortho intramolecular Hbond substituents is 1. The van der Waals surface area contributed by atoms with Gasteiger partial charge in [0.1, 0.15) is 0 Å². The van der Waals surface area contributed by atoms with Gasteiger partial charge >= 0.3 is 0 Å². The molecule has 3 nitrogen and oxygen atoms in total.